The first-order valence-corrected chi connectivity index (χ1v) is 7.66. The van der Waals surface area contributed by atoms with E-state index in [9.17, 15) is 13.2 Å². The van der Waals surface area contributed by atoms with E-state index in [4.69, 9.17) is 11.6 Å². The van der Waals surface area contributed by atoms with Gasteiger partial charge in [-0.25, -0.2) is 4.98 Å². The predicted molar refractivity (Wildman–Crippen MR) is 88.1 cm³/mol. The van der Waals surface area contributed by atoms with Gasteiger partial charge in [0.1, 0.15) is 5.15 Å². The third kappa shape index (κ3) is 3.60. The standard InChI is InChI=1S/C19H13ClF3N/c20-17-11-8-15(12-24-17)18(13-4-2-1-3-5-13)14-6-9-16(10-7-14)19(21,22)23/h1-12,18H. The van der Waals surface area contributed by atoms with Gasteiger partial charge in [0.05, 0.1) is 5.56 Å². The molecule has 1 aromatic heterocycles. The number of benzene rings is 2. The van der Waals surface area contributed by atoms with Crippen LogP contribution >= 0.6 is 11.6 Å². The zero-order valence-electron chi connectivity index (χ0n) is 12.5. The second kappa shape index (κ2) is 6.65. The highest BCUT2D eigenvalue weighted by molar-refractivity contribution is 6.29. The van der Waals surface area contributed by atoms with Gasteiger partial charge in [0, 0.05) is 12.1 Å². The maximum atomic E-state index is 12.8. The molecule has 0 aliphatic carbocycles. The summed E-state index contributed by atoms with van der Waals surface area (Å²) >= 11 is 5.84. The molecule has 122 valence electrons. The molecule has 1 atom stereocenters. The molecule has 3 aromatic rings. The Morgan fingerprint density at radius 1 is 0.750 bits per heavy atom. The highest BCUT2D eigenvalue weighted by Crippen LogP contribution is 2.34. The fraction of sp³-hybridized carbons (Fsp3) is 0.105. The Morgan fingerprint density at radius 3 is 1.88 bits per heavy atom. The SMILES string of the molecule is FC(F)(F)c1ccc(C(c2ccccc2)c2ccc(Cl)nc2)cc1. The van der Waals surface area contributed by atoms with E-state index in [1.165, 1.54) is 12.1 Å². The molecule has 3 rings (SSSR count). The van der Waals surface area contributed by atoms with Crippen molar-refractivity contribution in [3.63, 3.8) is 0 Å². The van der Waals surface area contributed by atoms with Crippen molar-refractivity contribution >= 4 is 11.6 Å². The second-order valence-corrected chi connectivity index (χ2v) is 5.76. The average molecular weight is 348 g/mol. The van der Waals surface area contributed by atoms with E-state index in [0.717, 1.165) is 28.8 Å². The van der Waals surface area contributed by atoms with Gasteiger partial charge in [0.2, 0.25) is 0 Å². The van der Waals surface area contributed by atoms with Crippen LogP contribution in [-0.2, 0) is 6.18 Å². The molecule has 2 aromatic carbocycles. The summed E-state index contributed by atoms with van der Waals surface area (Å²) in [5.41, 5.74) is 1.94. The number of nitrogens with zero attached hydrogens (tertiary/aromatic N) is 1. The predicted octanol–water partition coefficient (Wildman–Crippen LogP) is 5.93. The lowest BCUT2D eigenvalue weighted by Crippen LogP contribution is -2.07. The van der Waals surface area contributed by atoms with Crippen molar-refractivity contribution in [2.45, 2.75) is 12.1 Å². The molecular weight excluding hydrogens is 335 g/mol. The molecule has 0 N–H and O–H groups in total. The molecule has 0 spiro atoms. The third-order valence-electron chi connectivity index (χ3n) is 3.79. The summed E-state index contributed by atoms with van der Waals surface area (Å²) in [6, 6.07) is 18.3. The molecule has 1 heterocycles. The van der Waals surface area contributed by atoms with Gasteiger partial charge in [0.25, 0.3) is 0 Å². The fourth-order valence-electron chi connectivity index (χ4n) is 2.65. The molecule has 0 aliphatic heterocycles. The van der Waals surface area contributed by atoms with E-state index in [0.29, 0.717) is 5.15 Å². The van der Waals surface area contributed by atoms with Gasteiger partial charge in [-0.2, -0.15) is 13.2 Å². The number of halogens is 4. The summed E-state index contributed by atoms with van der Waals surface area (Å²) in [7, 11) is 0. The Balaban J connectivity index is 2.06. The van der Waals surface area contributed by atoms with Crippen molar-refractivity contribution in [2.24, 2.45) is 0 Å². The van der Waals surface area contributed by atoms with Gasteiger partial charge in [-0.1, -0.05) is 60.1 Å². The minimum absolute atomic E-state index is 0.210. The Kier molecular flexibility index (Phi) is 4.58. The van der Waals surface area contributed by atoms with Gasteiger partial charge in [-0.05, 0) is 34.9 Å². The number of alkyl halides is 3. The monoisotopic (exact) mass is 347 g/mol. The number of hydrogen-bond acceptors (Lipinski definition) is 1. The molecule has 0 saturated heterocycles. The average Bonchev–Trinajstić information content (AvgIpc) is 2.58. The van der Waals surface area contributed by atoms with Crippen LogP contribution in [0.4, 0.5) is 13.2 Å². The first-order chi connectivity index (χ1) is 11.4. The Bertz CT molecular complexity index is 797. The fourth-order valence-corrected chi connectivity index (χ4v) is 2.76. The Labute approximate surface area is 142 Å². The van der Waals surface area contributed by atoms with Crippen molar-refractivity contribution in [1.82, 2.24) is 4.98 Å². The van der Waals surface area contributed by atoms with E-state index in [1.807, 2.05) is 36.4 Å². The molecule has 0 aliphatic rings. The quantitative estimate of drug-likeness (QED) is 0.535. The normalized spacial score (nSPS) is 12.8. The van der Waals surface area contributed by atoms with E-state index in [1.54, 1.807) is 12.3 Å². The van der Waals surface area contributed by atoms with Crippen molar-refractivity contribution in [2.75, 3.05) is 0 Å². The number of rotatable bonds is 3. The zero-order valence-corrected chi connectivity index (χ0v) is 13.2. The molecule has 24 heavy (non-hydrogen) atoms. The molecule has 0 saturated carbocycles. The molecule has 1 unspecified atom stereocenters. The molecule has 1 nitrogen and oxygen atoms in total. The van der Waals surface area contributed by atoms with Crippen molar-refractivity contribution in [3.8, 4) is 0 Å². The van der Waals surface area contributed by atoms with Crippen molar-refractivity contribution in [3.05, 3.63) is 100 Å². The molecule has 0 amide bonds. The van der Waals surface area contributed by atoms with E-state index >= 15 is 0 Å². The number of pyridine rings is 1. The highest BCUT2D eigenvalue weighted by atomic mass is 35.5. The topological polar surface area (TPSA) is 12.9 Å². The maximum Gasteiger partial charge on any atom is 0.416 e. The smallest absolute Gasteiger partial charge is 0.244 e. The lowest BCUT2D eigenvalue weighted by atomic mass is 9.85. The van der Waals surface area contributed by atoms with Gasteiger partial charge < -0.3 is 0 Å². The zero-order chi connectivity index (χ0) is 17.2. The van der Waals surface area contributed by atoms with Crippen LogP contribution in [0.2, 0.25) is 5.15 Å². The van der Waals surface area contributed by atoms with Crippen LogP contribution in [0.3, 0.4) is 0 Å². The molecule has 5 heteroatoms. The summed E-state index contributed by atoms with van der Waals surface area (Å²) in [6.07, 6.45) is -2.69. The summed E-state index contributed by atoms with van der Waals surface area (Å²) in [5, 5.41) is 0.373. The number of hydrogen-bond donors (Lipinski definition) is 0. The lowest BCUT2D eigenvalue weighted by molar-refractivity contribution is -0.137. The van der Waals surface area contributed by atoms with Gasteiger partial charge in [0.15, 0.2) is 0 Å². The maximum absolute atomic E-state index is 12.8. The third-order valence-corrected chi connectivity index (χ3v) is 4.01. The van der Waals surface area contributed by atoms with Crippen LogP contribution in [0.1, 0.15) is 28.2 Å². The van der Waals surface area contributed by atoms with Crippen LogP contribution in [0.5, 0.6) is 0 Å². The minimum Gasteiger partial charge on any atom is -0.244 e. The van der Waals surface area contributed by atoms with Crippen LogP contribution in [0.15, 0.2) is 72.9 Å². The Morgan fingerprint density at radius 2 is 1.33 bits per heavy atom. The Hall–Kier alpha value is -2.33. The summed E-state index contributed by atoms with van der Waals surface area (Å²) in [4.78, 5) is 4.09. The molecule has 0 bridgehead atoms. The van der Waals surface area contributed by atoms with Gasteiger partial charge >= 0.3 is 6.18 Å². The highest BCUT2D eigenvalue weighted by Gasteiger charge is 2.30. The first kappa shape index (κ1) is 16.5. The van der Waals surface area contributed by atoms with Crippen LogP contribution < -0.4 is 0 Å². The van der Waals surface area contributed by atoms with E-state index < -0.39 is 11.7 Å². The van der Waals surface area contributed by atoms with Crippen molar-refractivity contribution in [1.29, 1.82) is 0 Å². The first-order valence-electron chi connectivity index (χ1n) is 7.29. The van der Waals surface area contributed by atoms with E-state index in [2.05, 4.69) is 4.98 Å². The molecular formula is C19H13ClF3N. The van der Waals surface area contributed by atoms with Gasteiger partial charge in [-0.15, -0.1) is 0 Å². The van der Waals surface area contributed by atoms with Crippen LogP contribution in [0, 0.1) is 0 Å². The summed E-state index contributed by atoms with van der Waals surface area (Å²) < 4.78 is 38.4. The minimum atomic E-state index is -4.34. The summed E-state index contributed by atoms with van der Waals surface area (Å²) in [5.74, 6) is -0.210. The molecule has 0 radical (unpaired) electrons. The lowest BCUT2D eigenvalue weighted by Gasteiger charge is -2.19. The largest absolute Gasteiger partial charge is 0.416 e. The summed E-state index contributed by atoms with van der Waals surface area (Å²) in [6.45, 7) is 0. The number of aromatic nitrogens is 1. The van der Waals surface area contributed by atoms with E-state index in [-0.39, 0.29) is 5.92 Å². The van der Waals surface area contributed by atoms with Gasteiger partial charge in [-0.3, -0.25) is 0 Å². The van der Waals surface area contributed by atoms with Crippen LogP contribution in [-0.4, -0.2) is 4.98 Å². The van der Waals surface area contributed by atoms with Crippen LogP contribution in [0.25, 0.3) is 0 Å². The second-order valence-electron chi connectivity index (χ2n) is 5.38. The van der Waals surface area contributed by atoms with Crippen molar-refractivity contribution < 1.29 is 13.2 Å². The molecule has 0 fully saturated rings.